The lowest BCUT2D eigenvalue weighted by molar-refractivity contribution is -0.118. The first-order valence-electron chi connectivity index (χ1n) is 8.61. The molecule has 0 fully saturated rings. The van der Waals surface area contributed by atoms with Gasteiger partial charge in [-0.2, -0.15) is 5.26 Å². The van der Waals surface area contributed by atoms with Crippen molar-refractivity contribution < 1.29 is 13.9 Å². The average Bonchev–Trinajstić information content (AvgIpc) is 2.72. The Hall–Kier alpha value is -3.91. The van der Waals surface area contributed by atoms with E-state index in [0.29, 0.717) is 17.0 Å². The minimum absolute atomic E-state index is 0.169. The van der Waals surface area contributed by atoms with Gasteiger partial charge < -0.3 is 10.1 Å². The van der Waals surface area contributed by atoms with Crippen molar-refractivity contribution in [1.29, 1.82) is 5.26 Å². The Morgan fingerprint density at radius 3 is 2.43 bits per heavy atom. The number of halogens is 1. The molecule has 0 spiro atoms. The van der Waals surface area contributed by atoms with Gasteiger partial charge in [-0.15, -0.1) is 0 Å². The van der Waals surface area contributed by atoms with Gasteiger partial charge in [0.1, 0.15) is 11.6 Å². The van der Waals surface area contributed by atoms with Gasteiger partial charge in [-0.3, -0.25) is 4.79 Å². The Kier molecular flexibility index (Phi) is 6.17. The predicted molar refractivity (Wildman–Crippen MR) is 107 cm³/mol. The summed E-state index contributed by atoms with van der Waals surface area (Å²) in [5.74, 6) is -0.356. The standard InChI is InChI=1S/C23H17FN2O2/c24-21-12-6-5-11-20(21)18(15-25)14-17-8-4-7-13-22(17)28-16-23(27)26-19-9-2-1-3-10-19/h1-14H,16H2,(H,26,27). The number of para-hydroxylation sites is 2. The molecule has 3 rings (SSSR count). The van der Waals surface area contributed by atoms with Crippen LogP contribution in [0.25, 0.3) is 11.6 Å². The fourth-order valence-electron chi connectivity index (χ4n) is 2.60. The van der Waals surface area contributed by atoms with Crippen molar-refractivity contribution in [1.82, 2.24) is 0 Å². The number of benzene rings is 3. The highest BCUT2D eigenvalue weighted by Gasteiger charge is 2.10. The van der Waals surface area contributed by atoms with E-state index in [1.807, 2.05) is 24.3 Å². The van der Waals surface area contributed by atoms with Gasteiger partial charge in [0, 0.05) is 16.8 Å². The molecule has 0 aliphatic rings. The topological polar surface area (TPSA) is 62.1 Å². The molecule has 0 heterocycles. The normalized spacial score (nSPS) is 10.8. The number of allylic oxidation sites excluding steroid dienone is 1. The van der Waals surface area contributed by atoms with Gasteiger partial charge in [0.05, 0.1) is 11.6 Å². The molecule has 4 nitrogen and oxygen atoms in total. The number of hydrogen-bond acceptors (Lipinski definition) is 3. The molecule has 0 atom stereocenters. The van der Waals surface area contributed by atoms with Crippen LogP contribution in [0, 0.1) is 17.1 Å². The average molecular weight is 372 g/mol. The van der Waals surface area contributed by atoms with Crippen molar-refractivity contribution >= 4 is 23.2 Å². The molecule has 0 saturated heterocycles. The molecule has 1 amide bonds. The third-order valence-corrected chi connectivity index (χ3v) is 3.92. The van der Waals surface area contributed by atoms with E-state index in [1.165, 1.54) is 6.07 Å². The predicted octanol–water partition coefficient (Wildman–Crippen LogP) is 4.91. The maximum atomic E-state index is 14.0. The number of nitriles is 1. The molecule has 28 heavy (non-hydrogen) atoms. The van der Waals surface area contributed by atoms with E-state index in [0.717, 1.165) is 0 Å². The lowest BCUT2D eigenvalue weighted by Crippen LogP contribution is -2.20. The summed E-state index contributed by atoms with van der Waals surface area (Å²) in [7, 11) is 0. The van der Waals surface area contributed by atoms with Gasteiger partial charge >= 0.3 is 0 Å². The fraction of sp³-hybridized carbons (Fsp3) is 0.0435. The van der Waals surface area contributed by atoms with Crippen LogP contribution >= 0.6 is 0 Å². The summed E-state index contributed by atoms with van der Waals surface area (Å²) in [5.41, 5.74) is 1.63. The second-order valence-electron chi connectivity index (χ2n) is 5.89. The van der Waals surface area contributed by atoms with Crippen LogP contribution in [0.2, 0.25) is 0 Å². The lowest BCUT2D eigenvalue weighted by Gasteiger charge is -2.10. The zero-order chi connectivity index (χ0) is 19.8. The number of rotatable bonds is 6. The molecule has 0 radical (unpaired) electrons. The van der Waals surface area contributed by atoms with Crippen molar-refractivity contribution in [3.8, 4) is 11.8 Å². The fourth-order valence-corrected chi connectivity index (χ4v) is 2.60. The summed E-state index contributed by atoms with van der Waals surface area (Å²) in [6.45, 7) is -0.193. The number of nitrogens with zero attached hydrogens (tertiary/aromatic N) is 1. The summed E-state index contributed by atoms with van der Waals surface area (Å²) in [6.07, 6.45) is 1.54. The first kappa shape index (κ1) is 18.9. The van der Waals surface area contributed by atoms with E-state index in [-0.39, 0.29) is 23.7 Å². The van der Waals surface area contributed by atoms with Crippen LogP contribution in [0.4, 0.5) is 10.1 Å². The first-order chi connectivity index (χ1) is 13.7. The summed E-state index contributed by atoms with van der Waals surface area (Å²) in [4.78, 5) is 12.1. The Labute approximate surface area is 162 Å². The van der Waals surface area contributed by atoms with Crippen LogP contribution in [0.15, 0.2) is 78.9 Å². The monoisotopic (exact) mass is 372 g/mol. The number of ether oxygens (including phenoxy) is 1. The second kappa shape index (κ2) is 9.15. The lowest BCUT2D eigenvalue weighted by atomic mass is 10.0. The quantitative estimate of drug-likeness (QED) is 0.494. The molecule has 0 saturated carbocycles. The van der Waals surface area contributed by atoms with Crippen LogP contribution in [-0.4, -0.2) is 12.5 Å². The summed E-state index contributed by atoms with van der Waals surface area (Å²) in [5, 5.41) is 12.2. The van der Waals surface area contributed by atoms with Gasteiger partial charge in [0.25, 0.3) is 5.91 Å². The molecule has 1 N–H and O–H groups in total. The number of amides is 1. The Morgan fingerprint density at radius 2 is 1.68 bits per heavy atom. The van der Waals surface area contributed by atoms with E-state index in [9.17, 15) is 14.4 Å². The van der Waals surface area contributed by atoms with Gasteiger partial charge in [0.2, 0.25) is 0 Å². The van der Waals surface area contributed by atoms with Crippen LogP contribution in [0.1, 0.15) is 11.1 Å². The zero-order valence-corrected chi connectivity index (χ0v) is 14.9. The SMILES string of the molecule is N#CC(=Cc1ccccc1OCC(=O)Nc1ccccc1)c1ccccc1F. The smallest absolute Gasteiger partial charge is 0.262 e. The third-order valence-electron chi connectivity index (χ3n) is 3.92. The largest absolute Gasteiger partial charge is 0.483 e. The van der Waals surface area contributed by atoms with Crippen molar-refractivity contribution in [2.24, 2.45) is 0 Å². The van der Waals surface area contributed by atoms with Crippen molar-refractivity contribution in [3.05, 3.63) is 95.8 Å². The first-order valence-corrected chi connectivity index (χ1v) is 8.61. The highest BCUT2D eigenvalue weighted by molar-refractivity contribution is 5.92. The summed E-state index contributed by atoms with van der Waals surface area (Å²) < 4.78 is 19.6. The molecule has 0 aliphatic carbocycles. The second-order valence-corrected chi connectivity index (χ2v) is 5.89. The number of nitrogens with one attached hydrogen (secondary N) is 1. The Bertz CT molecular complexity index is 1040. The molecule has 0 unspecified atom stereocenters. The maximum absolute atomic E-state index is 14.0. The summed E-state index contributed by atoms with van der Waals surface area (Å²) >= 11 is 0. The van der Waals surface area contributed by atoms with Gasteiger partial charge in [-0.1, -0.05) is 54.6 Å². The Morgan fingerprint density at radius 1 is 1.00 bits per heavy atom. The van der Waals surface area contributed by atoms with E-state index >= 15 is 0 Å². The molecule has 5 heteroatoms. The molecular weight excluding hydrogens is 355 g/mol. The van der Waals surface area contributed by atoms with Crippen LogP contribution in [0.5, 0.6) is 5.75 Å². The molecule has 0 aliphatic heterocycles. The highest BCUT2D eigenvalue weighted by Crippen LogP contribution is 2.25. The van der Waals surface area contributed by atoms with Crippen molar-refractivity contribution in [2.45, 2.75) is 0 Å². The minimum atomic E-state index is -0.476. The number of carbonyl (C=O) groups is 1. The number of hydrogen-bond donors (Lipinski definition) is 1. The highest BCUT2D eigenvalue weighted by atomic mass is 19.1. The minimum Gasteiger partial charge on any atom is -0.483 e. The molecule has 0 aromatic heterocycles. The molecule has 3 aromatic rings. The number of carbonyl (C=O) groups excluding carboxylic acids is 1. The van der Waals surface area contributed by atoms with Crippen LogP contribution in [0.3, 0.4) is 0 Å². The van der Waals surface area contributed by atoms with E-state index in [1.54, 1.807) is 60.7 Å². The summed E-state index contributed by atoms with van der Waals surface area (Å²) in [6, 6.07) is 24.1. The molecule has 0 bridgehead atoms. The van der Waals surface area contributed by atoms with Gasteiger partial charge in [0.15, 0.2) is 6.61 Å². The van der Waals surface area contributed by atoms with Gasteiger partial charge in [-0.25, -0.2) is 4.39 Å². The third kappa shape index (κ3) is 4.83. The van der Waals surface area contributed by atoms with E-state index < -0.39 is 5.82 Å². The molecule has 138 valence electrons. The zero-order valence-electron chi connectivity index (χ0n) is 14.9. The van der Waals surface area contributed by atoms with Crippen molar-refractivity contribution in [2.75, 3.05) is 11.9 Å². The molecular formula is C23H17FN2O2. The van der Waals surface area contributed by atoms with Crippen LogP contribution < -0.4 is 10.1 Å². The van der Waals surface area contributed by atoms with Gasteiger partial charge in [-0.05, 0) is 30.3 Å². The number of anilines is 1. The Balaban J connectivity index is 1.77. The van der Waals surface area contributed by atoms with Crippen LogP contribution in [-0.2, 0) is 4.79 Å². The van der Waals surface area contributed by atoms with E-state index in [2.05, 4.69) is 5.32 Å². The molecule has 3 aromatic carbocycles. The maximum Gasteiger partial charge on any atom is 0.262 e. The van der Waals surface area contributed by atoms with E-state index in [4.69, 9.17) is 4.74 Å². The van der Waals surface area contributed by atoms with Crippen molar-refractivity contribution in [3.63, 3.8) is 0 Å².